The maximum atomic E-state index is 12.7. The van der Waals surface area contributed by atoms with Crippen molar-refractivity contribution in [3.63, 3.8) is 0 Å². The minimum absolute atomic E-state index is 0.249. The molecule has 30 heavy (non-hydrogen) atoms. The molecule has 0 atom stereocenters. The Kier molecular flexibility index (Phi) is 6.31. The number of hydrogen-bond acceptors (Lipinski definition) is 5. The summed E-state index contributed by atoms with van der Waals surface area (Å²) >= 11 is 1.36. The summed E-state index contributed by atoms with van der Waals surface area (Å²) in [6.45, 7) is 3.42. The molecule has 0 radical (unpaired) electrons. The number of carboxylic acid groups (broad SMARTS) is 1. The first-order chi connectivity index (χ1) is 14.1. The van der Waals surface area contributed by atoms with Crippen LogP contribution in [0.25, 0.3) is 10.6 Å². The smallest absolute Gasteiger partial charge is 0.416 e. The molecule has 0 aliphatic carbocycles. The van der Waals surface area contributed by atoms with Gasteiger partial charge in [-0.2, -0.15) is 13.2 Å². The van der Waals surface area contributed by atoms with E-state index in [1.807, 2.05) is 6.92 Å². The molecule has 1 N–H and O–H groups in total. The number of thiazole rings is 1. The van der Waals surface area contributed by atoms with Crippen molar-refractivity contribution < 1.29 is 32.5 Å². The van der Waals surface area contributed by atoms with Crippen LogP contribution in [0.2, 0.25) is 0 Å². The Morgan fingerprint density at radius 3 is 2.40 bits per heavy atom. The summed E-state index contributed by atoms with van der Waals surface area (Å²) in [6, 6.07) is 9.95. The van der Waals surface area contributed by atoms with Gasteiger partial charge in [0.05, 0.1) is 16.1 Å². The number of benzene rings is 2. The number of rotatable bonds is 7. The highest BCUT2D eigenvalue weighted by Crippen LogP contribution is 2.33. The molecule has 158 valence electrons. The summed E-state index contributed by atoms with van der Waals surface area (Å²) in [6.07, 6.45) is -4.37. The Morgan fingerprint density at radius 1 is 1.10 bits per heavy atom. The highest BCUT2D eigenvalue weighted by atomic mass is 32.1. The van der Waals surface area contributed by atoms with Gasteiger partial charge in [0.15, 0.2) is 6.61 Å². The number of aliphatic carboxylic acids is 1. The fraction of sp³-hybridized carbons (Fsp3) is 0.238. The third-order valence-corrected chi connectivity index (χ3v) is 5.40. The van der Waals surface area contributed by atoms with Crippen LogP contribution < -0.4 is 9.47 Å². The van der Waals surface area contributed by atoms with Crippen LogP contribution in [-0.2, 0) is 17.6 Å². The lowest BCUT2D eigenvalue weighted by atomic mass is 10.1. The van der Waals surface area contributed by atoms with Gasteiger partial charge in [-0.1, -0.05) is 12.1 Å². The van der Waals surface area contributed by atoms with E-state index in [4.69, 9.17) is 14.6 Å². The number of aromatic nitrogens is 1. The van der Waals surface area contributed by atoms with Crippen LogP contribution in [0.1, 0.15) is 21.7 Å². The van der Waals surface area contributed by atoms with E-state index in [9.17, 15) is 18.0 Å². The van der Waals surface area contributed by atoms with Gasteiger partial charge in [0, 0.05) is 5.56 Å². The van der Waals surface area contributed by atoms with Crippen LogP contribution in [0.15, 0.2) is 42.5 Å². The molecule has 0 spiro atoms. The number of carboxylic acids is 1. The fourth-order valence-electron chi connectivity index (χ4n) is 2.65. The number of aryl methyl sites for hydroxylation is 2. The lowest BCUT2D eigenvalue weighted by molar-refractivity contribution is -0.139. The third-order valence-electron chi connectivity index (χ3n) is 4.22. The van der Waals surface area contributed by atoms with Gasteiger partial charge in [0.25, 0.3) is 0 Å². The van der Waals surface area contributed by atoms with Gasteiger partial charge >= 0.3 is 12.1 Å². The highest BCUT2D eigenvalue weighted by molar-refractivity contribution is 7.15. The molecule has 2 aromatic carbocycles. The third kappa shape index (κ3) is 5.29. The van der Waals surface area contributed by atoms with Gasteiger partial charge in [-0.3, -0.25) is 0 Å². The molecule has 0 fully saturated rings. The molecule has 0 saturated heterocycles. The Labute approximate surface area is 174 Å². The molecule has 1 heterocycles. The van der Waals surface area contributed by atoms with E-state index in [-0.39, 0.29) is 6.61 Å². The van der Waals surface area contributed by atoms with Crippen molar-refractivity contribution in [2.75, 3.05) is 6.61 Å². The normalized spacial score (nSPS) is 11.4. The summed E-state index contributed by atoms with van der Waals surface area (Å²) in [7, 11) is 0. The van der Waals surface area contributed by atoms with Crippen LogP contribution in [0.3, 0.4) is 0 Å². The quantitative estimate of drug-likeness (QED) is 0.530. The minimum atomic E-state index is -4.37. The predicted octanol–water partition coefficient (Wildman–Crippen LogP) is 5.49. The number of alkyl halides is 3. The second-order valence-corrected chi connectivity index (χ2v) is 7.58. The summed E-state index contributed by atoms with van der Waals surface area (Å²) in [5, 5.41) is 9.30. The molecule has 0 unspecified atom stereocenters. The monoisotopic (exact) mass is 437 g/mol. The number of nitrogens with zero attached hydrogens (tertiary/aromatic N) is 1. The number of halogens is 3. The van der Waals surface area contributed by atoms with Gasteiger partial charge in [-0.15, -0.1) is 11.3 Å². The van der Waals surface area contributed by atoms with E-state index in [0.29, 0.717) is 22.1 Å². The summed E-state index contributed by atoms with van der Waals surface area (Å²) in [5.74, 6) is -0.0124. The van der Waals surface area contributed by atoms with Gasteiger partial charge in [0.1, 0.15) is 23.1 Å². The number of carbonyl (C=O) groups is 1. The van der Waals surface area contributed by atoms with Crippen molar-refractivity contribution >= 4 is 17.3 Å². The lowest BCUT2D eigenvalue weighted by Gasteiger charge is -2.10. The van der Waals surface area contributed by atoms with Crippen LogP contribution in [0.5, 0.6) is 11.5 Å². The zero-order valence-corrected chi connectivity index (χ0v) is 16.9. The van der Waals surface area contributed by atoms with E-state index < -0.39 is 24.3 Å². The first-order valence-electron chi connectivity index (χ1n) is 8.85. The topological polar surface area (TPSA) is 68.7 Å². The van der Waals surface area contributed by atoms with Gasteiger partial charge < -0.3 is 14.6 Å². The number of hydrogen-bond donors (Lipinski definition) is 1. The van der Waals surface area contributed by atoms with Crippen LogP contribution in [0, 0.1) is 13.8 Å². The molecule has 0 aliphatic rings. The molecule has 0 aliphatic heterocycles. The number of ether oxygens (including phenoxy) is 2. The molecular weight excluding hydrogens is 419 g/mol. The van der Waals surface area contributed by atoms with Crippen LogP contribution >= 0.6 is 11.3 Å². The molecule has 3 rings (SSSR count). The van der Waals surface area contributed by atoms with E-state index in [2.05, 4.69) is 4.98 Å². The molecule has 1 aromatic heterocycles. The molecule has 9 heteroatoms. The summed E-state index contributed by atoms with van der Waals surface area (Å²) in [5.41, 5.74) is 1.39. The minimum Gasteiger partial charge on any atom is -0.488 e. The van der Waals surface area contributed by atoms with Crippen LogP contribution in [-0.4, -0.2) is 22.7 Å². The van der Waals surface area contributed by atoms with Crippen molar-refractivity contribution in [2.45, 2.75) is 26.6 Å². The SMILES string of the molecule is Cc1cc(OCc2sc(-c3ccc(C(F)(F)F)cc3)nc2C)ccc1OCC(=O)O. The largest absolute Gasteiger partial charge is 0.488 e. The second-order valence-electron chi connectivity index (χ2n) is 6.50. The van der Waals surface area contributed by atoms with Crippen molar-refractivity contribution in [1.29, 1.82) is 0 Å². The maximum Gasteiger partial charge on any atom is 0.416 e. The molecule has 0 amide bonds. The first-order valence-corrected chi connectivity index (χ1v) is 9.67. The molecule has 0 saturated carbocycles. The van der Waals surface area contributed by atoms with E-state index >= 15 is 0 Å². The predicted molar refractivity (Wildman–Crippen MR) is 106 cm³/mol. The average Bonchev–Trinajstić information content (AvgIpc) is 3.05. The standard InChI is InChI=1S/C21H18F3NO4S/c1-12-9-16(7-8-17(12)29-11-19(26)27)28-10-18-13(2)25-20(30-18)14-3-5-15(6-4-14)21(22,23)24/h3-9H,10-11H2,1-2H3,(H,26,27). The zero-order chi connectivity index (χ0) is 21.9. The van der Waals surface area contributed by atoms with Crippen molar-refractivity contribution in [3.05, 3.63) is 64.2 Å². The Bertz CT molecular complexity index is 1050. The highest BCUT2D eigenvalue weighted by Gasteiger charge is 2.30. The van der Waals surface area contributed by atoms with E-state index in [1.54, 1.807) is 25.1 Å². The Morgan fingerprint density at radius 2 is 1.80 bits per heavy atom. The first kappa shape index (κ1) is 21.6. The van der Waals surface area contributed by atoms with Gasteiger partial charge in [0.2, 0.25) is 0 Å². The van der Waals surface area contributed by atoms with Crippen molar-refractivity contribution in [2.24, 2.45) is 0 Å². The average molecular weight is 437 g/mol. The Hall–Kier alpha value is -3.07. The molecule has 0 bridgehead atoms. The molecular formula is C21H18F3NO4S. The molecule has 3 aromatic rings. The lowest BCUT2D eigenvalue weighted by Crippen LogP contribution is -2.10. The summed E-state index contributed by atoms with van der Waals surface area (Å²) < 4.78 is 49.1. The van der Waals surface area contributed by atoms with Crippen molar-refractivity contribution in [3.8, 4) is 22.1 Å². The Balaban J connectivity index is 1.68. The van der Waals surface area contributed by atoms with Gasteiger partial charge in [-0.25, -0.2) is 9.78 Å². The van der Waals surface area contributed by atoms with Crippen LogP contribution in [0.4, 0.5) is 13.2 Å². The molecule has 5 nitrogen and oxygen atoms in total. The zero-order valence-electron chi connectivity index (χ0n) is 16.1. The second kappa shape index (κ2) is 8.74. The van der Waals surface area contributed by atoms with E-state index in [1.165, 1.54) is 23.5 Å². The summed E-state index contributed by atoms with van der Waals surface area (Å²) in [4.78, 5) is 15.9. The maximum absolute atomic E-state index is 12.7. The fourth-order valence-corrected chi connectivity index (χ4v) is 3.63. The van der Waals surface area contributed by atoms with Crippen molar-refractivity contribution in [1.82, 2.24) is 4.98 Å². The van der Waals surface area contributed by atoms with Gasteiger partial charge in [-0.05, 0) is 49.7 Å². The van der Waals surface area contributed by atoms with E-state index in [0.717, 1.165) is 28.3 Å².